The van der Waals surface area contributed by atoms with E-state index in [-0.39, 0.29) is 109 Å². The predicted octanol–water partition coefficient (Wildman–Crippen LogP) is 16.5. The van der Waals surface area contributed by atoms with Crippen molar-refractivity contribution in [2.75, 3.05) is 39.5 Å². The van der Waals surface area contributed by atoms with Crippen LogP contribution in [0.1, 0.15) is 268 Å². The Balaban J connectivity index is 0.000000191. The van der Waals surface area contributed by atoms with Crippen molar-refractivity contribution < 1.29 is 57.6 Å². The van der Waals surface area contributed by atoms with Gasteiger partial charge in [0, 0.05) is 43.7 Å². The fourth-order valence-corrected chi connectivity index (χ4v) is 31.6. The van der Waals surface area contributed by atoms with Gasteiger partial charge in [-0.25, -0.2) is 0 Å². The number of aliphatic hydroxyl groups excluding tert-OH is 1. The van der Waals surface area contributed by atoms with Gasteiger partial charge in [-0.1, -0.05) is 105 Å². The Morgan fingerprint density at radius 1 is 0.537 bits per heavy atom. The number of nitrogens with one attached hydrogen (secondary N) is 1. The first-order valence-corrected chi connectivity index (χ1v) is 41.8. The van der Waals surface area contributed by atoms with Crippen molar-refractivity contribution in [3.63, 3.8) is 0 Å². The van der Waals surface area contributed by atoms with Gasteiger partial charge in [0.15, 0.2) is 20.9 Å². The minimum Gasteiger partial charge on any atom is -0.411 e. The standard InChI is InChI=1S/C43H76O6Si.C36H61NO6.2CH4/c1-12-45-36(39(8,9)44)29-26-28(5)34-35(47-29)37(49-50(13-2,14-3)15-4)41(11)31-20-19-30-38(6,7)32(48-33-18-16-17-25-46-33)21-22-42(30)27-43(31,42)24-23-40(34,41)10;1-9-40-30(32(5,6)39)22-18-21(2)27-28(42-22)29(38)34(8)24-11-10-23-31(3,4)25(43-26-19-37-16-17-41-26)12-13-35(23)20-36(24,35)15-14-33(27,34)7;;/h28-37,44H,12-27H2,1-11H3;21-30,37-39H,9-20H2,1-8H3;2*1H4/t28-,29-,30+,31+,32+,33+,34+,35+,36+,37+,40-,41-,42-,43+;21-,22-,23+,24+,25+,26+,27+,28+,29+,30+,33-,34-,35-,36+;;/m11../s1. The van der Waals surface area contributed by atoms with Crippen LogP contribution in [0, 0.1) is 101 Å². The number of ether oxygens (including phenoxy) is 8. The molecule has 0 aromatic carbocycles. The summed E-state index contributed by atoms with van der Waals surface area (Å²) in [5, 5.41) is 38.4. The molecule has 0 bridgehead atoms. The van der Waals surface area contributed by atoms with E-state index in [1.807, 2.05) is 41.5 Å². The molecule has 4 spiro atoms. The Morgan fingerprint density at radius 2 is 0.979 bits per heavy atom. The maximum absolute atomic E-state index is 12.5. The molecule has 28 atom stereocenters. The van der Waals surface area contributed by atoms with Gasteiger partial charge >= 0.3 is 0 Å². The maximum Gasteiger partial charge on any atom is 0.192 e. The second kappa shape index (κ2) is 26.1. The van der Waals surface area contributed by atoms with Gasteiger partial charge < -0.3 is 63.0 Å². The molecule has 4 N–H and O–H groups in total. The number of hydrogen-bond donors (Lipinski definition) is 4. The maximum atomic E-state index is 12.5. The summed E-state index contributed by atoms with van der Waals surface area (Å²) in [6.45, 7) is 48.4. The van der Waals surface area contributed by atoms with Crippen LogP contribution in [0.3, 0.4) is 0 Å². The van der Waals surface area contributed by atoms with E-state index in [2.05, 4.69) is 95.3 Å². The third-order valence-electron chi connectivity index (χ3n) is 33.2. The normalized spacial score (nSPS) is 50.3. The van der Waals surface area contributed by atoms with Crippen molar-refractivity contribution in [2.24, 2.45) is 101 Å². The van der Waals surface area contributed by atoms with E-state index in [0.717, 1.165) is 70.1 Å². The van der Waals surface area contributed by atoms with Gasteiger partial charge in [-0.15, -0.1) is 0 Å². The number of hydrogen-bond acceptors (Lipinski definition) is 13. The number of morpholine rings is 1. The summed E-state index contributed by atoms with van der Waals surface area (Å²) in [6.07, 6.45) is 21.6. The van der Waals surface area contributed by atoms with Gasteiger partial charge in [-0.3, -0.25) is 0 Å². The van der Waals surface area contributed by atoms with Gasteiger partial charge in [-0.2, -0.15) is 0 Å². The summed E-state index contributed by atoms with van der Waals surface area (Å²) in [7, 11) is -1.98. The largest absolute Gasteiger partial charge is 0.411 e. The van der Waals surface area contributed by atoms with E-state index in [4.69, 9.17) is 42.3 Å². The van der Waals surface area contributed by atoms with Crippen molar-refractivity contribution in [2.45, 2.75) is 371 Å². The highest BCUT2D eigenvalue weighted by Crippen LogP contribution is 2.91. The van der Waals surface area contributed by atoms with Gasteiger partial charge in [0.2, 0.25) is 0 Å². The van der Waals surface area contributed by atoms with Crippen LogP contribution < -0.4 is 5.32 Å². The van der Waals surface area contributed by atoms with Crippen molar-refractivity contribution in [3.05, 3.63) is 0 Å². The van der Waals surface area contributed by atoms with E-state index in [0.29, 0.717) is 82.2 Å². The summed E-state index contributed by atoms with van der Waals surface area (Å²) >= 11 is 0. The number of rotatable bonds is 17. The lowest BCUT2D eigenvalue weighted by Gasteiger charge is -2.64. The van der Waals surface area contributed by atoms with Crippen molar-refractivity contribution in [1.82, 2.24) is 5.32 Å². The monoisotopic (exact) mass is 1350 g/mol. The van der Waals surface area contributed by atoms with Crippen LogP contribution in [-0.4, -0.2) is 148 Å². The van der Waals surface area contributed by atoms with Crippen molar-refractivity contribution in [3.8, 4) is 0 Å². The molecular weight excluding hydrogens is 1210 g/mol. The minimum atomic E-state index is -1.98. The third-order valence-corrected chi connectivity index (χ3v) is 37.8. The van der Waals surface area contributed by atoms with Crippen LogP contribution in [0.25, 0.3) is 0 Å². The molecule has 13 nitrogen and oxygen atoms in total. The molecule has 0 unspecified atom stereocenters. The van der Waals surface area contributed by atoms with Gasteiger partial charge in [0.05, 0.1) is 66.6 Å². The third kappa shape index (κ3) is 11.0. The molecule has 14 heteroatoms. The van der Waals surface area contributed by atoms with E-state index < -0.39 is 31.7 Å². The lowest BCUT2D eigenvalue weighted by molar-refractivity contribution is -0.242. The average Bonchev–Trinajstić information content (AvgIpc) is 1.47. The Kier molecular flexibility index (Phi) is 20.8. The molecule has 0 aromatic heterocycles. The van der Waals surface area contributed by atoms with Crippen molar-refractivity contribution >= 4 is 8.32 Å². The number of fused-ring (bicyclic) bond motifs is 8. The molecule has 10 saturated carbocycles. The summed E-state index contributed by atoms with van der Waals surface area (Å²) < 4.78 is 60.5. The number of aliphatic hydroxyl groups is 3. The molecular formula is C81H145NO12Si. The fraction of sp³-hybridized carbons (Fsp3) is 1.00. The lowest BCUT2D eigenvalue weighted by atomic mass is 9.41. The smallest absolute Gasteiger partial charge is 0.192 e. The second-order valence-corrected chi connectivity index (χ2v) is 42.8. The molecule has 0 aromatic rings. The molecule has 95 heavy (non-hydrogen) atoms. The van der Waals surface area contributed by atoms with Crippen LogP contribution in [-0.2, 0) is 42.3 Å². The van der Waals surface area contributed by atoms with Crippen LogP contribution in [0.5, 0.6) is 0 Å². The SMILES string of the molecule is C.C.CCO[C@@H]([C@H]1C[C@@H](C)[C@H]2[C@H](O1)[C@H](O)[C@@]1(C)[C@@H]3CC[C@H]4C(C)(C)[C@@H](O[C@H]5CNCCO5)CC[C@@]45C[C@@]35CC[C@]21C)C(C)(C)O.CCO[C@@H]([C@H]1C[C@@H](C)[C@H]2[C@H](O1)[C@H](O[Si](CC)(CC)CC)[C@@]1(C)[C@@H]3CC[C@H]4C(C)(C)[C@@H](O[C@H]5CCCCO5)CC[C@@]45C[C@@]35CC[C@]21C)C(C)(C)O. The first kappa shape index (κ1) is 75.8. The molecule has 4 saturated heterocycles. The van der Waals surface area contributed by atoms with Gasteiger partial charge in [0.1, 0.15) is 12.2 Å². The Morgan fingerprint density at radius 3 is 1.43 bits per heavy atom. The first-order valence-electron chi connectivity index (χ1n) is 39.3. The second-order valence-electron chi connectivity index (χ2n) is 38.1. The topological polar surface area (TPSA) is 156 Å². The van der Waals surface area contributed by atoms with Crippen LogP contribution in [0.2, 0.25) is 18.1 Å². The first-order chi connectivity index (χ1) is 43.7. The predicted molar refractivity (Wildman–Crippen MR) is 381 cm³/mol. The Hall–Kier alpha value is -0.303. The molecule has 0 radical (unpaired) electrons. The van der Waals surface area contributed by atoms with Crippen LogP contribution in [0.4, 0.5) is 0 Å². The summed E-state index contributed by atoms with van der Waals surface area (Å²) in [5.41, 5.74) is -0.148. The summed E-state index contributed by atoms with van der Waals surface area (Å²) in [5.74, 6) is 4.18. The zero-order chi connectivity index (χ0) is 66.9. The molecule has 550 valence electrons. The summed E-state index contributed by atoms with van der Waals surface area (Å²) in [4.78, 5) is 0. The zero-order valence-electron chi connectivity index (χ0n) is 62.4. The molecule has 14 rings (SSSR count). The average molecular weight is 1350 g/mol. The van der Waals surface area contributed by atoms with E-state index in [9.17, 15) is 15.3 Å². The summed E-state index contributed by atoms with van der Waals surface area (Å²) in [6, 6.07) is 3.48. The quantitative estimate of drug-likeness (QED) is 0.0807. The zero-order valence-corrected chi connectivity index (χ0v) is 63.4. The lowest BCUT2D eigenvalue weighted by Crippen LogP contribution is -2.61. The molecule has 0 amide bonds. The highest BCUT2D eigenvalue weighted by molar-refractivity contribution is 6.73. The molecule has 4 aliphatic heterocycles. The van der Waals surface area contributed by atoms with Crippen molar-refractivity contribution in [1.29, 1.82) is 0 Å². The van der Waals surface area contributed by atoms with Crippen LogP contribution >= 0.6 is 0 Å². The highest BCUT2D eigenvalue weighted by atomic mass is 28.4. The van der Waals surface area contributed by atoms with Gasteiger partial charge in [-0.05, 0) is 272 Å². The Labute approximate surface area is 580 Å². The minimum absolute atomic E-state index is 0. The molecule has 14 aliphatic rings. The fourth-order valence-electron chi connectivity index (χ4n) is 28.6. The van der Waals surface area contributed by atoms with E-state index in [1.165, 1.54) is 96.3 Å². The van der Waals surface area contributed by atoms with Gasteiger partial charge in [0.25, 0.3) is 0 Å². The highest BCUT2D eigenvalue weighted by Gasteiger charge is 2.87. The van der Waals surface area contributed by atoms with E-state index >= 15 is 0 Å². The molecule has 10 aliphatic carbocycles. The molecule has 14 fully saturated rings. The Bertz CT molecular complexity index is 2640. The van der Waals surface area contributed by atoms with E-state index in [1.54, 1.807) is 0 Å². The van der Waals surface area contributed by atoms with Crippen LogP contribution in [0.15, 0.2) is 0 Å². The molecule has 4 heterocycles.